The Morgan fingerprint density at radius 1 is 1.29 bits per heavy atom. The van der Waals surface area contributed by atoms with Gasteiger partial charge >= 0.3 is 12.0 Å². The van der Waals surface area contributed by atoms with E-state index in [9.17, 15) is 14.0 Å². The van der Waals surface area contributed by atoms with Gasteiger partial charge in [-0.25, -0.2) is 14.0 Å². The van der Waals surface area contributed by atoms with E-state index in [-0.39, 0.29) is 12.4 Å². The molecule has 0 aliphatic rings. The summed E-state index contributed by atoms with van der Waals surface area (Å²) in [5, 5.41) is 11.7. The molecule has 6 heteroatoms. The molecule has 1 aromatic rings. The van der Waals surface area contributed by atoms with E-state index >= 15 is 0 Å². The molecule has 0 heterocycles. The van der Waals surface area contributed by atoms with Gasteiger partial charge in [0.2, 0.25) is 0 Å². The first-order valence-electron chi connectivity index (χ1n) is 6.58. The van der Waals surface area contributed by atoms with Gasteiger partial charge in [0.15, 0.2) is 0 Å². The fourth-order valence-corrected chi connectivity index (χ4v) is 1.83. The monoisotopic (exact) mass is 296 g/mol. The number of aliphatic carboxylic acids is 1. The molecule has 116 valence electrons. The molecule has 2 N–H and O–H groups in total. The molecular weight excluding hydrogens is 275 g/mol. The molecule has 1 rings (SSSR count). The highest BCUT2D eigenvalue weighted by Crippen LogP contribution is 2.15. The number of carboxylic acids is 1. The Morgan fingerprint density at radius 2 is 1.76 bits per heavy atom. The lowest BCUT2D eigenvalue weighted by Gasteiger charge is -2.31. The molecule has 0 atom stereocenters. The van der Waals surface area contributed by atoms with Crippen LogP contribution in [-0.2, 0) is 11.3 Å². The maximum Gasteiger partial charge on any atom is 0.329 e. The standard InChI is InChI=1S/C15H21FN2O3/c1-9-6-11(7-10(2)12(9)16)8-17-14(21)18(5)15(3,4)13(19)20/h6-7H,8H2,1-5H3,(H,17,21)(H,19,20). The molecule has 0 fully saturated rings. The van der Waals surface area contributed by atoms with E-state index in [2.05, 4.69) is 5.32 Å². The van der Waals surface area contributed by atoms with Crippen LogP contribution in [0.1, 0.15) is 30.5 Å². The van der Waals surface area contributed by atoms with Crippen molar-refractivity contribution in [2.24, 2.45) is 0 Å². The SMILES string of the molecule is Cc1cc(CNC(=O)N(C)C(C)(C)C(=O)O)cc(C)c1F. The van der Waals surface area contributed by atoms with Crippen molar-refractivity contribution in [3.63, 3.8) is 0 Å². The van der Waals surface area contributed by atoms with Crippen LogP contribution >= 0.6 is 0 Å². The Hall–Kier alpha value is -2.11. The van der Waals surface area contributed by atoms with Crippen molar-refractivity contribution in [3.05, 3.63) is 34.6 Å². The predicted molar refractivity (Wildman–Crippen MR) is 77.6 cm³/mol. The second kappa shape index (κ2) is 6.11. The lowest BCUT2D eigenvalue weighted by molar-refractivity contribution is -0.146. The van der Waals surface area contributed by atoms with Crippen LogP contribution in [-0.4, -0.2) is 34.6 Å². The quantitative estimate of drug-likeness (QED) is 0.896. The summed E-state index contributed by atoms with van der Waals surface area (Å²) in [5.74, 6) is -1.34. The van der Waals surface area contributed by atoms with Crippen LogP contribution < -0.4 is 5.32 Å². The van der Waals surface area contributed by atoms with Gasteiger partial charge in [0.1, 0.15) is 11.4 Å². The minimum absolute atomic E-state index is 0.209. The van der Waals surface area contributed by atoms with Crippen LogP contribution in [0.25, 0.3) is 0 Å². The number of likely N-dealkylation sites (N-methyl/N-ethyl adjacent to an activating group) is 1. The van der Waals surface area contributed by atoms with Gasteiger partial charge in [-0.05, 0) is 44.4 Å². The van der Waals surface area contributed by atoms with Gasteiger partial charge in [-0.2, -0.15) is 0 Å². The number of carbonyl (C=O) groups is 2. The summed E-state index contributed by atoms with van der Waals surface area (Å²) in [7, 11) is 1.42. The number of nitrogens with zero attached hydrogens (tertiary/aromatic N) is 1. The van der Waals surface area contributed by atoms with E-state index in [1.54, 1.807) is 26.0 Å². The summed E-state index contributed by atoms with van der Waals surface area (Å²) in [6.07, 6.45) is 0. The molecule has 0 unspecified atom stereocenters. The largest absolute Gasteiger partial charge is 0.480 e. The van der Waals surface area contributed by atoms with Crippen molar-refractivity contribution in [1.82, 2.24) is 10.2 Å². The number of aryl methyl sites for hydroxylation is 2. The van der Waals surface area contributed by atoms with Gasteiger partial charge in [0.25, 0.3) is 0 Å². The lowest BCUT2D eigenvalue weighted by atomic mass is 10.0. The van der Waals surface area contributed by atoms with Crippen LogP contribution in [0.15, 0.2) is 12.1 Å². The zero-order chi connectivity index (χ0) is 16.4. The van der Waals surface area contributed by atoms with Gasteiger partial charge in [-0.1, -0.05) is 12.1 Å². The number of urea groups is 1. The topological polar surface area (TPSA) is 69.6 Å². The van der Waals surface area contributed by atoms with Crippen molar-refractivity contribution < 1.29 is 19.1 Å². The third kappa shape index (κ3) is 3.71. The minimum atomic E-state index is -1.31. The van der Waals surface area contributed by atoms with E-state index in [0.717, 1.165) is 10.5 Å². The molecule has 0 aromatic heterocycles. The van der Waals surface area contributed by atoms with Crippen molar-refractivity contribution in [1.29, 1.82) is 0 Å². The van der Waals surface area contributed by atoms with Crippen molar-refractivity contribution in [3.8, 4) is 0 Å². The number of amides is 2. The Kier molecular flexibility index (Phi) is 4.93. The van der Waals surface area contributed by atoms with Gasteiger partial charge in [0.05, 0.1) is 0 Å². The maximum absolute atomic E-state index is 13.5. The predicted octanol–water partition coefficient (Wildman–Crippen LogP) is 2.45. The molecule has 0 aliphatic carbocycles. The molecule has 0 radical (unpaired) electrons. The summed E-state index contributed by atoms with van der Waals surface area (Å²) in [6.45, 7) is 6.42. The van der Waals surface area contributed by atoms with E-state index in [0.29, 0.717) is 11.1 Å². The Labute approximate surface area is 123 Å². The molecule has 0 saturated heterocycles. The van der Waals surface area contributed by atoms with Gasteiger partial charge in [-0.3, -0.25) is 0 Å². The van der Waals surface area contributed by atoms with Crippen LogP contribution in [0, 0.1) is 19.7 Å². The lowest BCUT2D eigenvalue weighted by Crippen LogP contribution is -2.53. The van der Waals surface area contributed by atoms with E-state index < -0.39 is 17.5 Å². The summed E-state index contributed by atoms with van der Waals surface area (Å²) < 4.78 is 13.5. The molecule has 1 aromatic carbocycles. The number of carbonyl (C=O) groups excluding carboxylic acids is 1. The molecule has 5 nitrogen and oxygen atoms in total. The summed E-state index contributed by atoms with van der Waals surface area (Å²) in [4.78, 5) is 24.2. The summed E-state index contributed by atoms with van der Waals surface area (Å²) >= 11 is 0. The number of hydrogen-bond donors (Lipinski definition) is 2. The van der Waals surface area contributed by atoms with E-state index in [1.807, 2.05) is 0 Å². The molecule has 0 spiro atoms. The molecule has 21 heavy (non-hydrogen) atoms. The Morgan fingerprint density at radius 3 is 2.19 bits per heavy atom. The second-order valence-electron chi connectivity index (χ2n) is 5.63. The molecule has 0 aliphatic heterocycles. The molecule has 2 amide bonds. The minimum Gasteiger partial charge on any atom is -0.480 e. The van der Waals surface area contributed by atoms with E-state index in [1.165, 1.54) is 20.9 Å². The molecular formula is C15H21FN2O3. The van der Waals surface area contributed by atoms with Crippen molar-refractivity contribution >= 4 is 12.0 Å². The highest BCUT2D eigenvalue weighted by molar-refractivity contribution is 5.85. The van der Waals surface area contributed by atoms with Crippen LogP contribution in [0.5, 0.6) is 0 Å². The number of rotatable bonds is 4. The highest BCUT2D eigenvalue weighted by Gasteiger charge is 2.35. The van der Waals surface area contributed by atoms with Gasteiger partial charge in [-0.15, -0.1) is 0 Å². The van der Waals surface area contributed by atoms with Gasteiger partial charge in [0, 0.05) is 13.6 Å². The van der Waals surface area contributed by atoms with Gasteiger partial charge < -0.3 is 15.3 Å². The fourth-order valence-electron chi connectivity index (χ4n) is 1.83. The number of halogens is 1. The highest BCUT2D eigenvalue weighted by atomic mass is 19.1. The second-order valence-corrected chi connectivity index (χ2v) is 5.63. The number of hydrogen-bond acceptors (Lipinski definition) is 2. The first kappa shape index (κ1) is 16.9. The normalized spacial score (nSPS) is 11.1. The number of carboxylic acid groups (broad SMARTS) is 1. The average molecular weight is 296 g/mol. The summed E-state index contributed by atoms with van der Waals surface area (Å²) in [5.41, 5.74) is 0.483. The Bertz CT molecular complexity index is 547. The number of benzene rings is 1. The average Bonchev–Trinajstić information content (AvgIpc) is 2.40. The summed E-state index contributed by atoms with van der Waals surface area (Å²) in [6, 6.07) is 2.82. The first-order valence-corrected chi connectivity index (χ1v) is 6.58. The van der Waals surface area contributed by atoms with Crippen LogP contribution in [0.2, 0.25) is 0 Å². The Balaban J connectivity index is 2.76. The maximum atomic E-state index is 13.5. The number of nitrogens with one attached hydrogen (secondary N) is 1. The zero-order valence-electron chi connectivity index (χ0n) is 13.0. The van der Waals surface area contributed by atoms with E-state index in [4.69, 9.17) is 5.11 Å². The third-order valence-electron chi connectivity index (χ3n) is 3.61. The van der Waals surface area contributed by atoms with Crippen LogP contribution in [0.4, 0.5) is 9.18 Å². The molecule has 0 bridgehead atoms. The third-order valence-corrected chi connectivity index (χ3v) is 3.61. The zero-order valence-corrected chi connectivity index (χ0v) is 13.0. The fraction of sp³-hybridized carbons (Fsp3) is 0.467. The first-order chi connectivity index (χ1) is 9.57. The smallest absolute Gasteiger partial charge is 0.329 e. The van der Waals surface area contributed by atoms with Crippen molar-refractivity contribution in [2.75, 3.05) is 7.05 Å². The van der Waals surface area contributed by atoms with Crippen LogP contribution in [0.3, 0.4) is 0 Å². The van der Waals surface area contributed by atoms with Crippen molar-refractivity contribution in [2.45, 2.75) is 39.8 Å². The molecule has 0 saturated carbocycles.